The third-order valence-corrected chi connectivity index (χ3v) is 5.54. The number of ether oxygens (including phenoxy) is 1. The molecule has 6 nitrogen and oxygen atoms in total. The van der Waals surface area contributed by atoms with Gasteiger partial charge in [0, 0.05) is 9.69 Å². The second-order valence-corrected chi connectivity index (χ2v) is 7.60. The SMILES string of the molecule is COC(=O)[C@H](C)n1c(O)c(C2=c3cc(Br)ccc3=NC2=O)sc1=S. The van der Waals surface area contributed by atoms with Gasteiger partial charge in [-0.05, 0) is 37.3 Å². The quantitative estimate of drug-likeness (QED) is 0.598. The minimum atomic E-state index is -0.802. The zero-order valence-corrected chi connectivity index (χ0v) is 15.8. The third-order valence-electron chi connectivity index (χ3n) is 3.64. The zero-order chi connectivity index (χ0) is 17.6. The van der Waals surface area contributed by atoms with Crippen molar-refractivity contribution in [2.75, 3.05) is 7.11 Å². The summed E-state index contributed by atoms with van der Waals surface area (Å²) in [6.45, 7) is 1.56. The summed E-state index contributed by atoms with van der Waals surface area (Å²) in [6, 6.07) is 4.46. The van der Waals surface area contributed by atoms with Crippen LogP contribution in [0.3, 0.4) is 0 Å². The number of carbonyl (C=O) groups excluding carboxylic acids is 2. The largest absolute Gasteiger partial charge is 0.493 e. The molecule has 1 amide bonds. The summed E-state index contributed by atoms with van der Waals surface area (Å²) in [5, 5.41) is 11.7. The fraction of sp³-hybridized carbons (Fsp3) is 0.200. The topological polar surface area (TPSA) is 80.9 Å². The standard InChI is InChI=1S/C15H11BrN2O4S2/c1-6(14(21)22-2)18-13(20)11(24-15(18)23)10-8-5-7(16)3-4-9(8)17-12(10)19/h3-6,20H,1-2H3/t6-/m0/s1. The number of halogens is 1. The lowest BCUT2D eigenvalue weighted by molar-refractivity contribution is -0.144. The van der Waals surface area contributed by atoms with Crippen LogP contribution in [0.4, 0.5) is 0 Å². The second kappa shape index (κ2) is 6.23. The number of nitrogens with zero attached hydrogens (tertiary/aromatic N) is 2. The number of benzene rings is 1. The van der Waals surface area contributed by atoms with Crippen LogP contribution >= 0.6 is 39.5 Å². The first kappa shape index (κ1) is 17.0. The van der Waals surface area contributed by atoms with E-state index in [0.29, 0.717) is 15.5 Å². The number of hydrogen-bond donors (Lipinski definition) is 1. The number of aromatic nitrogens is 1. The van der Waals surface area contributed by atoms with E-state index in [1.807, 2.05) is 0 Å². The smallest absolute Gasteiger partial charge is 0.328 e. The van der Waals surface area contributed by atoms with E-state index in [2.05, 4.69) is 20.9 Å². The van der Waals surface area contributed by atoms with Gasteiger partial charge >= 0.3 is 5.97 Å². The lowest BCUT2D eigenvalue weighted by Gasteiger charge is -2.12. The maximum Gasteiger partial charge on any atom is 0.328 e. The molecule has 0 radical (unpaired) electrons. The molecule has 1 aromatic carbocycles. The van der Waals surface area contributed by atoms with Crippen molar-refractivity contribution in [1.29, 1.82) is 0 Å². The highest BCUT2D eigenvalue weighted by Gasteiger charge is 2.28. The van der Waals surface area contributed by atoms with Crippen molar-refractivity contribution >= 4 is 56.9 Å². The Kier molecular flexibility index (Phi) is 4.41. The van der Waals surface area contributed by atoms with Crippen LogP contribution in [0.1, 0.15) is 17.8 Å². The Morgan fingerprint density at radius 2 is 2.21 bits per heavy atom. The first-order chi connectivity index (χ1) is 11.3. The van der Waals surface area contributed by atoms with Crippen LogP contribution in [-0.2, 0) is 14.3 Å². The molecule has 2 aromatic rings. The van der Waals surface area contributed by atoms with Gasteiger partial charge in [0.25, 0.3) is 5.91 Å². The highest BCUT2D eigenvalue weighted by molar-refractivity contribution is 9.10. The normalized spacial score (nSPS) is 14.3. The van der Waals surface area contributed by atoms with Gasteiger partial charge in [-0.1, -0.05) is 15.9 Å². The van der Waals surface area contributed by atoms with Crippen molar-refractivity contribution in [3.05, 3.63) is 42.1 Å². The van der Waals surface area contributed by atoms with Gasteiger partial charge in [0.05, 0.1) is 18.0 Å². The molecule has 24 heavy (non-hydrogen) atoms. The molecule has 3 rings (SSSR count). The van der Waals surface area contributed by atoms with Gasteiger partial charge in [-0.15, -0.1) is 11.3 Å². The molecule has 0 bridgehead atoms. The number of carbonyl (C=O) groups is 2. The molecule has 2 heterocycles. The molecular formula is C15H11BrN2O4S2. The van der Waals surface area contributed by atoms with Gasteiger partial charge in [0.1, 0.15) is 10.9 Å². The van der Waals surface area contributed by atoms with E-state index in [9.17, 15) is 14.7 Å². The predicted octanol–water partition coefficient (Wildman–Crippen LogP) is 1.84. The number of rotatable bonds is 3. The highest BCUT2D eigenvalue weighted by Crippen LogP contribution is 2.35. The number of methoxy groups -OCH3 is 1. The molecule has 1 aromatic heterocycles. The number of esters is 1. The molecule has 0 fully saturated rings. The lowest BCUT2D eigenvalue weighted by Crippen LogP contribution is -2.23. The van der Waals surface area contributed by atoms with Gasteiger partial charge < -0.3 is 9.84 Å². The molecule has 1 aliphatic rings. The molecular weight excluding hydrogens is 416 g/mol. The molecule has 0 spiro atoms. The average Bonchev–Trinajstić information content (AvgIpc) is 3.01. The first-order valence-electron chi connectivity index (χ1n) is 6.80. The fourth-order valence-electron chi connectivity index (χ4n) is 2.46. The van der Waals surface area contributed by atoms with Gasteiger partial charge in [0.2, 0.25) is 5.88 Å². The summed E-state index contributed by atoms with van der Waals surface area (Å²) < 4.78 is 7.02. The number of hydrogen-bond acceptors (Lipinski definition) is 6. The van der Waals surface area contributed by atoms with Crippen LogP contribution in [0.25, 0.3) is 5.57 Å². The Labute approximate surface area is 153 Å². The minimum absolute atomic E-state index is 0.241. The van der Waals surface area contributed by atoms with Gasteiger partial charge in [-0.2, -0.15) is 0 Å². The van der Waals surface area contributed by atoms with Crippen LogP contribution in [0, 0.1) is 3.95 Å². The summed E-state index contributed by atoms with van der Waals surface area (Å²) in [7, 11) is 1.26. The van der Waals surface area contributed by atoms with Gasteiger partial charge in [0.15, 0.2) is 3.95 Å². The van der Waals surface area contributed by atoms with E-state index >= 15 is 0 Å². The molecule has 0 aliphatic carbocycles. The summed E-state index contributed by atoms with van der Waals surface area (Å²) in [6.07, 6.45) is 0. The monoisotopic (exact) mass is 426 g/mol. The van der Waals surface area contributed by atoms with E-state index in [0.717, 1.165) is 15.8 Å². The van der Waals surface area contributed by atoms with E-state index in [1.165, 1.54) is 11.7 Å². The Morgan fingerprint density at radius 1 is 1.50 bits per heavy atom. The summed E-state index contributed by atoms with van der Waals surface area (Å²) >= 11 is 9.67. The molecule has 0 unspecified atom stereocenters. The van der Waals surface area contributed by atoms with Gasteiger partial charge in [-0.3, -0.25) is 9.36 Å². The van der Waals surface area contributed by atoms with Crippen molar-refractivity contribution < 1.29 is 19.4 Å². The van der Waals surface area contributed by atoms with Crippen LogP contribution in [-0.4, -0.2) is 28.7 Å². The highest BCUT2D eigenvalue weighted by atomic mass is 79.9. The van der Waals surface area contributed by atoms with Crippen LogP contribution < -0.4 is 10.6 Å². The average molecular weight is 427 g/mol. The van der Waals surface area contributed by atoms with Crippen molar-refractivity contribution in [3.8, 4) is 5.88 Å². The van der Waals surface area contributed by atoms with Crippen LogP contribution in [0.2, 0.25) is 0 Å². The molecule has 1 N–H and O–H groups in total. The van der Waals surface area contributed by atoms with E-state index in [-0.39, 0.29) is 15.4 Å². The van der Waals surface area contributed by atoms with Crippen molar-refractivity contribution in [1.82, 2.24) is 4.57 Å². The Hall–Kier alpha value is -1.84. The summed E-state index contributed by atoms with van der Waals surface area (Å²) in [5.74, 6) is -1.23. The third kappa shape index (κ3) is 2.62. The molecule has 0 saturated heterocycles. The van der Waals surface area contributed by atoms with Crippen LogP contribution in [0.5, 0.6) is 5.88 Å². The molecule has 9 heteroatoms. The predicted molar refractivity (Wildman–Crippen MR) is 94.0 cm³/mol. The van der Waals surface area contributed by atoms with E-state index in [1.54, 1.807) is 25.1 Å². The molecule has 0 saturated carbocycles. The minimum Gasteiger partial charge on any atom is -0.493 e. The Morgan fingerprint density at radius 3 is 2.88 bits per heavy atom. The first-order valence-corrected chi connectivity index (χ1v) is 8.82. The van der Waals surface area contributed by atoms with E-state index in [4.69, 9.17) is 17.0 Å². The number of fused-ring (bicyclic) bond motifs is 1. The van der Waals surface area contributed by atoms with Crippen molar-refractivity contribution in [3.63, 3.8) is 0 Å². The fourth-order valence-corrected chi connectivity index (χ4v) is 4.33. The summed E-state index contributed by atoms with van der Waals surface area (Å²) in [4.78, 5) is 28.4. The van der Waals surface area contributed by atoms with Crippen molar-refractivity contribution in [2.24, 2.45) is 4.99 Å². The second-order valence-electron chi connectivity index (χ2n) is 5.04. The lowest BCUT2D eigenvalue weighted by atomic mass is 10.1. The Bertz CT molecular complexity index is 1050. The number of thiazole rings is 1. The Balaban J connectivity index is 2.28. The maximum atomic E-state index is 12.3. The summed E-state index contributed by atoms with van der Waals surface area (Å²) in [5.41, 5.74) is 0.274. The maximum absolute atomic E-state index is 12.3. The van der Waals surface area contributed by atoms with Crippen molar-refractivity contribution in [2.45, 2.75) is 13.0 Å². The number of aromatic hydroxyl groups is 1. The van der Waals surface area contributed by atoms with E-state index < -0.39 is 17.9 Å². The molecule has 124 valence electrons. The number of amides is 1. The van der Waals surface area contributed by atoms with Gasteiger partial charge in [-0.25, -0.2) is 9.79 Å². The van der Waals surface area contributed by atoms with Crippen LogP contribution in [0.15, 0.2) is 27.7 Å². The zero-order valence-electron chi connectivity index (χ0n) is 12.6. The molecule has 1 aliphatic heterocycles. The molecule has 1 atom stereocenters.